The number of hydrogen-bond donors (Lipinski definition) is 1. The van der Waals surface area contributed by atoms with Crippen molar-refractivity contribution in [3.05, 3.63) is 34.3 Å². The van der Waals surface area contributed by atoms with Crippen molar-refractivity contribution >= 4 is 17.6 Å². The average molecular weight is 228 g/mol. The van der Waals surface area contributed by atoms with Gasteiger partial charge in [-0.3, -0.25) is 5.73 Å². The number of carbonyl (C=O) groups is 1. The zero-order chi connectivity index (χ0) is 11.4. The fraction of sp³-hybridized carbons (Fsp3) is 0.364. The van der Waals surface area contributed by atoms with Crippen molar-refractivity contribution < 1.29 is 9.53 Å². The Morgan fingerprint density at radius 2 is 2.13 bits per heavy atom. The van der Waals surface area contributed by atoms with Crippen LogP contribution in [0.3, 0.4) is 0 Å². The topological polar surface area (TPSA) is 52.3 Å². The molecule has 0 saturated heterocycles. The van der Waals surface area contributed by atoms with Crippen LogP contribution in [-0.4, -0.2) is 12.7 Å². The van der Waals surface area contributed by atoms with Gasteiger partial charge in [0.1, 0.15) is 6.73 Å². The van der Waals surface area contributed by atoms with E-state index in [-0.39, 0.29) is 6.73 Å². The lowest BCUT2D eigenvalue weighted by Gasteiger charge is -2.08. The molecule has 4 heteroatoms. The first-order valence-corrected chi connectivity index (χ1v) is 5.10. The van der Waals surface area contributed by atoms with E-state index in [1.54, 1.807) is 12.1 Å². The van der Waals surface area contributed by atoms with Crippen LogP contribution in [0.25, 0.3) is 0 Å². The summed E-state index contributed by atoms with van der Waals surface area (Å²) in [6.45, 7) is 3.94. The smallest absolute Gasteiger partial charge is 0.339 e. The summed E-state index contributed by atoms with van der Waals surface area (Å²) in [5.41, 5.74) is 6.57. The number of nitrogens with two attached hydrogens (primary N) is 1. The average Bonchev–Trinajstić information content (AvgIpc) is 2.17. The fourth-order valence-corrected chi connectivity index (χ4v) is 1.47. The zero-order valence-corrected chi connectivity index (χ0v) is 9.54. The van der Waals surface area contributed by atoms with Gasteiger partial charge in [-0.2, -0.15) is 0 Å². The number of rotatable bonds is 3. The fourth-order valence-electron chi connectivity index (χ4n) is 1.22. The van der Waals surface area contributed by atoms with Crippen LogP contribution in [0.5, 0.6) is 0 Å². The maximum absolute atomic E-state index is 11.4. The molecule has 1 aromatic rings. The van der Waals surface area contributed by atoms with E-state index >= 15 is 0 Å². The summed E-state index contributed by atoms with van der Waals surface area (Å²) in [5.74, 6) is -0.130. The van der Waals surface area contributed by atoms with Crippen LogP contribution in [0.1, 0.15) is 35.7 Å². The number of benzene rings is 1. The largest absolute Gasteiger partial charge is 0.446 e. The Labute approximate surface area is 94.2 Å². The predicted octanol–water partition coefficient (Wildman–Crippen LogP) is 2.54. The lowest BCUT2D eigenvalue weighted by Crippen LogP contribution is -2.12. The van der Waals surface area contributed by atoms with Crippen LogP contribution >= 0.6 is 11.6 Å². The molecule has 3 nitrogen and oxygen atoms in total. The molecule has 15 heavy (non-hydrogen) atoms. The molecular formula is C11H14ClNO2. The lowest BCUT2D eigenvalue weighted by atomic mass is 10.0. The van der Waals surface area contributed by atoms with Crippen molar-refractivity contribution in [2.24, 2.45) is 5.73 Å². The van der Waals surface area contributed by atoms with Crippen molar-refractivity contribution in [1.82, 2.24) is 0 Å². The van der Waals surface area contributed by atoms with Gasteiger partial charge < -0.3 is 4.74 Å². The molecule has 0 unspecified atom stereocenters. The van der Waals surface area contributed by atoms with Gasteiger partial charge >= 0.3 is 5.97 Å². The highest BCUT2D eigenvalue weighted by Gasteiger charge is 2.10. The summed E-state index contributed by atoms with van der Waals surface area (Å²) in [6, 6.07) is 5.19. The first kappa shape index (κ1) is 12.0. The Bertz CT molecular complexity index is 364. The van der Waals surface area contributed by atoms with Crippen molar-refractivity contribution in [1.29, 1.82) is 0 Å². The number of esters is 1. The minimum atomic E-state index is -0.443. The van der Waals surface area contributed by atoms with Crippen LogP contribution in [0.2, 0.25) is 5.02 Å². The third-order valence-electron chi connectivity index (χ3n) is 2.04. The third kappa shape index (κ3) is 3.22. The van der Waals surface area contributed by atoms with Gasteiger partial charge in [0, 0.05) is 5.02 Å². The quantitative estimate of drug-likeness (QED) is 0.638. The molecule has 0 heterocycles. The molecule has 0 aliphatic carbocycles. The summed E-state index contributed by atoms with van der Waals surface area (Å²) in [4.78, 5) is 11.4. The van der Waals surface area contributed by atoms with E-state index in [0.29, 0.717) is 16.5 Å². The van der Waals surface area contributed by atoms with E-state index in [9.17, 15) is 4.79 Å². The molecule has 82 valence electrons. The molecule has 0 aliphatic rings. The second kappa shape index (κ2) is 5.14. The molecule has 1 aromatic carbocycles. The molecule has 0 bridgehead atoms. The molecule has 0 atom stereocenters. The minimum absolute atomic E-state index is 0.123. The Morgan fingerprint density at radius 1 is 1.47 bits per heavy atom. The highest BCUT2D eigenvalue weighted by Crippen LogP contribution is 2.21. The number of carbonyl (C=O) groups excluding carboxylic acids is 1. The van der Waals surface area contributed by atoms with E-state index in [1.165, 1.54) is 0 Å². The molecule has 0 aliphatic heterocycles. The molecular weight excluding hydrogens is 214 g/mol. The molecule has 0 fully saturated rings. The van der Waals surface area contributed by atoms with E-state index in [1.807, 2.05) is 19.9 Å². The van der Waals surface area contributed by atoms with Gasteiger partial charge in [0.15, 0.2) is 0 Å². The second-order valence-electron chi connectivity index (χ2n) is 3.53. The summed E-state index contributed by atoms with van der Waals surface area (Å²) >= 11 is 5.90. The zero-order valence-electron chi connectivity index (χ0n) is 8.79. The van der Waals surface area contributed by atoms with Crippen LogP contribution in [0.4, 0.5) is 0 Å². The summed E-state index contributed by atoms with van der Waals surface area (Å²) in [7, 11) is 0. The van der Waals surface area contributed by atoms with Gasteiger partial charge in [0.2, 0.25) is 0 Å². The molecule has 1 rings (SSSR count). The van der Waals surface area contributed by atoms with Gasteiger partial charge in [-0.05, 0) is 29.7 Å². The maximum atomic E-state index is 11.4. The summed E-state index contributed by atoms with van der Waals surface area (Å²) in [5, 5.41) is 0.533. The molecule has 0 saturated carbocycles. The molecule has 0 amide bonds. The number of hydrogen-bond acceptors (Lipinski definition) is 3. The molecule has 0 spiro atoms. The normalized spacial score (nSPS) is 10.5. The SMILES string of the molecule is CC(C)c1cc(Cl)cc(C(=O)OCN)c1. The van der Waals surface area contributed by atoms with Crippen LogP contribution in [0.15, 0.2) is 18.2 Å². The predicted molar refractivity (Wildman–Crippen MR) is 60.0 cm³/mol. The number of halogens is 1. The monoisotopic (exact) mass is 227 g/mol. The first-order valence-electron chi connectivity index (χ1n) is 4.72. The third-order valence-corrected chi connectivity index (χ3v) is 2.26. The van der Waals surface area contributed by atoms with Gasteiger partial charge in [0.05, 0.1) is 5.56 Å². The van der Waals surface area contributed by atoms with Crippen LogP contribution < -0.4 is 5.73 Å². The van der Waals surface area contributed by atoms with E-state index in [2.05, 4.69) is 0 Å². The molecule has 0 radical (unpaired) electrons. The van der Waals surface area contributed by atoms with Gasteiger partial charge in [0.25, 0.3) is 0 Å². The summed E-state index contributed by atoms with van der Waals surface area (Å²) in [6.07, 6.45) is 0. The minimum Gasteiger partial charge on any atom is -0.446 e. The molecule has 2 N–H and O–H groups in total. The highest BCUT2D eigenvalue weighted by molar-refractivity contribution is 6.31. The maximum Gasteiger partial charge on any atom is 0.339 e. The van der Waals surface area contributed by atoms with Crippen LogP contribution in [0, 0.1) is 0 Å². The van der Waals surface area contributed by atoms with Crippen LogP contribution in [-0.2, 0) is 4.74 Å². The molecule has 0 aromatic heterocycles. The Balaban J connectivity index is 3.03. The van der Waals surface area contributed by atoms with Gasteiger partial charge in [-0.25, -0.2) is 4.79 Å². The van der Waals surface area contributed by atoms with E-state index in [0.717, 1.165) is 5.56 Å². The van der Waals surface area contributed by atoms with Gasteiger partial charge in [-0.1, -0.05) is 25.4 Å². The van der Waals surface area contributed by atoms with Crippen molar-refractivity contribution in [3.8, 4) is 0 Å². The highest BCUT2D eigenvalue weighted by atomic mass is 35.5. The van der Waals surface area contributed by atoms with Crippen molar-refractivity contribution in [3.63, 3.8) is 0 Å². The Kier molecular flexibility index (Phi) is 4.12. The second-order valence-corrected chi connectivity index (χ2v) is 3.96. The van der Waals surface area contributed by atoms with Crippen molar-refractivity contribution in [2.75, 3.05) is 6.73 Å². The first-order chi connectivity index (χ1) is 7.04. The Morgan fingerprint density at radius 3 is 2.67 bits per heavy atom. The van der Waals surface area contributed by atoms with Gasteiger partial charge in [-0.15, -0.1) is 0 Å². The number of ether oxygens (including phenoxy) is 1. The van der Waals surface area contributed by atoms with Crippen molar-refractivity contribution in [2.45, 2.75) is 19.8 Å². The summed E-state index contributed by atoms with van der Waals surface area (Å²) < 4.78 is 4.70. The van der Waals surface area contributed by atoms with E-state index < -0.39 is 5.97 Å². The van der Waals surface area contributed by atoms with E-state index in [4.69, 9.17) is 22.1 Å². The lowest BCUT2D eigenvalue weighted by molar-refractivity contribution is 0.0515. The standard InChI is InChI=1S/C11H14ClNO2/c1-7(2)8-3-9(5-10(12)4-8)11(14)15-6-13/h3-5,7H,6,13H2,1-2H3. The Hall–Kier alpha value is -1.06.